The third-order valence-corrected chi connectivity index (χ3v) is 3.36. The average molecular weight is 230 g/mol. The number of cyclic esters (lactones) is 1. The lowest BCUT2D eigenvalue weighted by molar-refractivity contribution is -0.136. The Hall–Kier alpha value is -1.97. The summed E-state index contributed by atoms with van der Waals surface area (Å²) in [6, 6.07) is 10.5. The summed E-state index contributed by atoms with van der Waals surface area (Å²) in [5.41, 5.74) is 2.85. The molecule has 2 aliphatic heterocycles. The molecule has 0 fully saturated rings. The van der Waals surface area contributed by atoms with Gasteiger partial charge >= 0.3 is 5.97 Å². The normalized spacial score (nSPS) is 20.1. The monoisotopic (exact) mass is 230 g/mol. The van der Waals surface area contributed by atoms with Crippen LogP contribution in [0.5, 0.6) is 0 Å². The van der Waals surface area contributed by atoms with Crippen LogP contribution in [0.4, 0.5) is 0 Å². The Kier molecular flexibility index (Phi) is 2.28. The number of ether oxygens (including phenoxy) is 1. The second-order valence-corrected chi connectivity index (χ2v) is 4.29. The lowest BCUT2D eigenvalue weighted by Crippen LogP contribution is -2.30. The summed E-state index contributed by atoms with van der Waals surface area (Å²) < 4.78 is 5.02. The first-order chi connectivity index (χ1) is 8.27. The Bertz CT molecular complexity index is 481. The molecule has 0 aliphatic carbocycles. The fraction of sp³-hybridized carbons (Fsp3) is 0.308. The first-order valence-corrected chi connectivity index (χ1v) is 5.73. The number of carbonyl (C=O) groups excluding carboxylic acids is 1. The van der Waals surface area contributed by atoms with E-state index in [2.05, 4.69) is 29.3 Å². The molecule has 4 heteroatoms. The van der Waals surface area contributed by atoms with Gasteiger partial charge in [0, 0.05) is 0 Å². The number of hydrogen-bond acceptors (Lipinski definition) is 4. The van der Waals surface area contributed by atoms with Crippen molar-refractivity contribution in [2.45, 2.75) is 13.0 Å². The van der Waals surface area contributed by atoms with Crippen molar-refractivity contribution in [3.8, 4) is 0 Å². The van der Waals surface area contributed by atoms with Gasteiger partial charge in [-0.3, -0.25) is 0 Å². The number of nitrogens with zero attached hydrogens (tertiary/aromatic N) is 1. The lowest BCUT2D eigenvalue weighted by atomic mass is 10.1. The number of nitrogens with one attached hydrogen (secondary N) is 1. The van der Waals surface area contributed by atoms with Crippen molar-refractivity contribution in [1.29, 1.82) is 0 Å². The van der Waals surface area contributed by atoms with Gasteiger partial charge in [0.05, 0.1) is 18.4 Å². The van der Waals surface area contributed by atoms with Crippen LogP contribution in [0, 0.1) is 0 Å². The maximum absolute atomic E-state index is 11.4. The van der Waals surface area contributed by atoms with Crippen molar-refractivity contribution in [3.05, 3.63) is 47.3 Å². The topological polar surface area (TPSA) is 41.6 Å². The molecule has 2 aliphatic rings. The summed E-state index contributed by atoms with van der Waals surface area (Å²) in [7, 11) is 0. The second-order valence-electron chi connectivity index (χ2n) is 4.29. The van der Waals surface area contributed by atoms with Gasteiger partial charge in [0.2, 0.25) is 0 Å². The molecule has 0 spiro atoms. The van der Waals surface area contributed by atoms with Gasteiger partial charge in [-0.2, -0.15) is 0 Å². The van der Waals surface area contributed by atoms with Gasteiger partial charge in [-0.05, 0) is 12.5 Å². The van der Waals surface area contributed by atoms with E-state index in [1.807, 2.05) is 18.2 Å². The third-order valence-electron chi connectivity index (χ3n) is 3.36. The predicted molar refractivity (Wildman–Crippen MR) is 62.7 cm³/mol. The maximum atomic E-state index is 11.4. The molecular weight excluding hydrogens is 216 g/mol. The fourth-order valence-electron chi connectivity index (χ4n) is 2.34. The molecule has 4 nitrogen and oxygen atoms in total. The minimum Gasteiger partial charge on any atom is -0.454 e. The van der Waals surface area contributed by atoms with Crippen LogP contribution in [0.3, 0.4) is 0 Å². The molecule has 0 aromatic heterocycles. The molecule has 0 unspecified atom stereocenters. The van der Waals surface area contributed by atoms with E-state index >= 15 is 0 Å². The highest BCUT2D eigenvalue weighted by atomic mass is 16.5. The molecular formula is C13H14N2O2. The van der Waals surface area contributed by atoms with Crippen LogP contribution < -0.4 is 5.32 Å². The summed E-state index contributed by atoms with van der Waals surface area (Å²) in [5, 5.41) is 3.10. The minimum atomic E-state index is -0.234. The molecule has 3 rings (SSSR count). The average Bonchev–Trinajstić information content (AvgIpc) is 2.93. The van der Waals surface area contributed by atoms with Crippen LogP contribution in [0.1, 0.15) is 18.5 Å². The molecule has 0 saturated carbocycles. The molecule has 1 atom stereocenters. The molecule has 1 aromatic carbocycles. The molecule has 88 valence electrons. The van der Waals surface area contributed by atoms with Crippen molar-refractivity contribution in [3.63, 3.8) is 0 Å². The smallest absolute Gasteiger partial charge is 0.356 e. The summed E-state index contributed by atoms with van der Waals surface area (Å²) in [4.78, 5) is 13.6. The van der Waals surface area contributed by atoms with Gasteiger partial charge in [0.15, 0.2) is 0 Å². The van der Waals surface area contributed by atoms with Crippen molar-refractivity contribution in [1.82, 2.24) is 10.2 Å². The molecule has 1 N–H and O–H groups in total. The van der Waals surface area contributed by atoms with Gasteiger partial charge in [-0.25, -0.2) is 4.79 Å². The SMILES string of the molecule is C[C@H](c1ccccc1)N1CNC2=C1COC2=O. The van der Waals surface area contributed by atoms with Gasteiger partial charge in [-0.1, -0.05) is 30.3 Å². The Morgan fingerprint density at radius 3 is 2.88 bits per heavy atom. The number of rotatable bonds is 2. The van der Waals surface area contributed by atoms with E-state index in [0.29, 0.717) is 19.0 Å². The van der Waals surface area contributed by atoms with E-state index in [1.54, 1.807) is 0 Å². The summed E-state index contributed by atoms with van der Waals surface area (Å²) in [5.74, 6) is -0.234. The molecule has 2 heterocycles. The molecule has 0 radical (unpaired) electrons. The van der Waals surface area contributed by atoms with Crippen molar-refractivity contribution in [2.75, 3.05) is 13.3 Å². The van der Waals surface area contributed by atoms with Crippen LogP contribution in [0.25, 0.3) is 0 Å². The maximum Gasteiger partial charge on any atom is 0.356 e. The van der Waals surface area contributed by atoms with Crippen LogP contribution in [-0.4, -0.2) is 24.1 Å². The van der Waals surface area contributed by atoms with Crippen molar-refractivity contribution < 1.29 is 9.53 Å². The number of esters is 1. The predicted octanol–water partition coefficient (Wildman–Crippen LogP) is 1.38. The number of benzene rings is 1. The number of carbonyl (C=O) groups is 1. The first kappa shape index (κ1) is 10.2. The minimum absolute atomic E-state index is 0.234. The van der Waals surface area contributed by atoms with Crippen molar-refractivity contribution in [2.24, 2.45) is 0 Å². The van der Waals surface area contributed by atoms with Crippen LogP contribution >= 0.6 is 0 Å². The zero-order valence-electron chi connectivity index (χ0n) is 9.64. The zero-order chi connectivity index (χ0) is 11.8. The van der Waals surface area contributed by atoms with E-state index in [-0.39, 0.29) is 12.0 Å². The van der Waals surface area contributed by atoms with Gasteiger partial charge in [0.25, 0.3) is 0 Å². The van der Waals surface area contributed by atoms with Gasteiger partial charge in [-0.15, -0.1) is 0 Å². The van der Waals surface area contributed by atoms with Gasteiger partial charge < -0.3 is 15.0 Å². The lowest BCUT2D eigenvalue weighted by Gasteiger charge is -2.27. The van der Waals surface area contributed by atoms with Crippen LogP contribution in [0.2, 0.25) is 0 Å². The molecule has 17 heavy (non-hydrogen) atoms. The Morgan fingerprint density at radius 1 is 1.35 bits per heavy atom. The highest BCUT2D eigenvalue weighted by Gasteiger charge is 2.35. The van der Waals surface area contributed by atoms with Crippen LogP contribution in [0.15, 0.2) is 41.7 Å². The fourth-order valence-corrected chi connectivity index (χ4v) is 2.34. The van der Waals surface area contributed by atoms with Crippen molar-refractivity contribution >= 4 is 5.97 Å². The Labute approximate surface area is 99.9 Å². The quantitative estimate of drug-likeness (QED) is 0.779. The van der Waals surface area contributed by atoms with Gasteiger partial charge in [0.1, 0.15) is 12.3 Å². The standard InChI is InChI=1S/C13H14N2O2/c1-9(10-5-3-2-4-6-10)15-8-14-12-11(15)7-17-13(12)16/h2-6,9,14H,7-8H2,1H3/t9-/m1/s1. The second kappa shape index (κ2) is 3.80. The Morgan fingerprint density at radius 2 is 2.12 bits per heavy atom. The first-order valence-electron chi connectivity index (χ1n) is 5.73. The zero-order valence-corrected chi connectivity index (χ0v) is 9.64. The molecule has 0 saturated heterocycles. The number of hydrogen-bond donors (Lipinski definition) is 1. The molecule has 0 bridgehead atoms. The largest absolute Gasteiger partial charge is 0.454 e. The molecule has 1 aromatic rings. The van der Waals surface area contributed by atoms with E-state index in [9.17, 15) is 4.79 Å². The third kappa shape index (κ3) is 1.56. The molecule has 0 amide bonds. The van der Waals surface area contributed by atoms with E-state index in [4.69, 9.17) is 4.74 Å². The van der Waals surface area contributed by atoms with E-state index < -0.39 is 0 Å². The summed E-state index contributed by atoms with van der Waals surface area (Å²) >= 11 is 0. The van der Waals surface area contributed by atoms with E-state index in [1.165, 1.54) is 5.56 Å². The Balaban J connectivity index is 1.87. The highest BCUT2D eigenvalue weighted by molar-refractivity contribution is 5.91. The highest BCUT2D eigenvalue weighted by Crippen LogP contribution is 2.31. The summed E-state index contributed by atoms with van der Waals surface area (Å²) in [6.45, 7) is 3.20. The van der Waals surface area contributed by atoms with E-state index in [0.717, 1.165) is 5.70 Å². The van der Waals surface area contributed by atoms with Crippen LogP contribution in [-0.2, 0) is 9.53 Å². The summed E-state index contributed by atoms with van der Waals surface area (Å²) in [6.07, 6.45) is 0.